The average molecular weight is 469 g/mol. The van der Waals surface area contributed by atoms with E-state index in [2.05, 4.69) is 49.4 Å². The van der Waals surface area contributed by atoms with E-state index >= 15 is 0 Å². The molecule has 3 aromatic rings. The fraction of sp³-hybridized carbons (Fsp3) is 0.440. The lowest BCUT2D eigenvalue weighted by Crippen LogP contribution is -2.14. The molecule has 1 atom stereocenters. The molecular formula is C25H29ClN4OS. The third-order valence-electron chi connectivity index (χ3n) is 5.93. The second-order valence-corrected chi connectivity index (χ2v) is 11.3. The van der Waals surface area contributed by atoms with E-state index in [-0.39, 0.29) is 17.2 Å². The van der Waals surface area contributed by atoms with Gasteiger partial charge < -0.3 is 0 Å². The van der Waals surface area contributed by atoms with Crippen LogP contribution in [-0.4, -0.2) is 26.3 Å². The van der Waals surface area contributed by atoms with Crippen molar-refractivity contribution in [1.82, 2.24) is 14.8 Å². The van der Waals surface area contributed by atoms with E-state index in [1.54, 1.807) is 11.3 Å². The summed E-state index contributed by atoms with van der Waals surface area (Å²) in [5.41, 5.74) is 4.27. The molecule has 5 nitrogen and oxygen atoms in total. The van der Waals surface area contributed by atoms with Crippen molar-refractivity contribution in [3.05, 3.63) is 62.5 Å². The Morgan fingerprint density at radius 1 is 1.12 bits per heavy atom. The van der Waals surface area contributed by atoms with Gasteiger partial charge in [-0.3, -0.25) is 14.4 Å². The molecule has 168 valence electrons. The van der Waals surface area contributed by atoms with Crippen molar-refractivity contribution in [2.24, 2.45) is 10.4 Å². The zero-order chi connectivity index (χ0) is 23.2. The number of nitrogens with zero attached hydrogens (tertiary/aromatic N) is 4. The van der Waals surface area contributed by atoms with Gasteiger partial charge >= 0.3 is 0 Å². The predicted molar refractivity (Wildman–Crippen MR) is 132 cm³/mol. The molecular weight excluding hydrogens is 440 g/mol. The van der Waals surface area contributed by atoms with Gasteiger partial charge in [-0.05, 0) is 50.3 Å². The Morgan fingerprint density at radius 2 is 1.81 bits per heavy atom. The highest BCUT2D eigenvalue weighted by Gasteiger charge is 2.32. The number of rotatable bonds is 5. The van der Waals surface area contributed by atoms with Crippen LogP contribution >= 0.6 is 22.9 Å². The number of thiophene rings is 1. The van der Waals surface area contributed by atoms with E-state index in [9.17, 15) is 4.79 Å². The molecule has 1 aromatic carbocycles. The van der Waals surface area contributed by atoms with Gasteiger partial charge in [0.1, 0.15) is 22.7 Å². The Bertz CT molecular complexity index is 1200. The van der Waals surface area contributed by atoms with Crippen LogP contribution < -0.4 is 0 Å². The first-order valence-electron chi connectivity index (χ1n) is 10.9. The maximum atomic E-state index is 13.0. The lowest BCUT2D eigenvalue weighted by molar-refractivity contribution is -0.120. The number of hydrogen-bond acceptors (Lipinski definition) is 5. The van der Waals surface area contributed by atoms with E-state index in [0.29, 0.717) is 17.9 Å². The van der Waals surface area contributed by atoms with Crippen molar-refractivity contribution in [1.29, 1.82) is 0 Å². The molecule has 0 saturated heterocycles. The second kappa shape index (κ2) is 8.56. The molecule has 4 rings (SSSR count). The number of carbonyl (C=O) groups is 1. The van der Waals surface area contributed by atoms with Crippen molar-refractivity contribution < 1.29 is 4.79 Å². The van der Waals surface area contributed by atoms with E-state index in [4.69, 9.17) is 16.6 Å². The third kappa shape index (κ3) is 4.44. The summed E-state index contributed by atoms with van der Waals surface area (Å²) in [6.45, 7) is 12.7. The zero-order valence-electron chi connectivity index (χ0n) is 19.5. The largest absolute Gasteiger partial charge is 0.300 e. The number of fused-ring (bicyclic) bond motifs is 3. The summed E-state index contributed by atoms with van der Waals surface area (Å²) in [7, 11) is 0. The highest BCUT2D eigenvalue weighted by molar-refractivity contribution is 7.15. The van der Waals surface area contributed by atoms with Gasteiger partial charge in [0.05, 0.1) is 5.71 Å². The van der Waals surface area contributed by atoms with E-state index < -0.39 is 0 Å². The Balaban J connectivity index is 1.84. The van der Waals surface area contributed by atoms with Crippen molar-refractivity contribution in [2.75, 3.05) is 0 Å². The Morgan fingerprint density at radius 3 is 2.47 bits per heavy atom. The van der Waals surface area contributed by atoms with Crippen molar-refractivity contribution in [2.45, 2.75) is 66.8 Å². The fourth-order valence-electron chi connectivity index (χ4n) is 3.96. The minimum absolute atomic E-state index is 0.117. The maximum Gasteiger partial charge on any atom is 0.163 e. The number of ketones is 1. The summed E-state index contributed by atoms with van der Waals surface area (Å²) in [4.78, 5) is 19.4. The highest BCUT2D eigenvalue weighted by Crippen LogP contribution is 2.39. The number of halogens is 1. The summed E-state index contributed by atoms with van der Waals surface area (Å²) >= 11 is 7.88. The first-order chi connectivity index (χ1) is 15.0. The summed E-state index contributed by atoms with van der Waals surface area (Å²) in [6.07, 6.45) is 1.71. The molecule has 3 heterocycles. The second-order valence-electron chi connectivity index (χ2n) is 9.71. The van der Waals surface area contributed by atoms with Crippen molar-refractivity contribution >= 4 is 34.4 Å². The summed E-state index contributed by atoms with van der Waals surface area (Å²) < 4.78 is 2.09. The number of hydrogen-bond donors (Lipinski definition) is 0. The average Bonchev–Trinajstić information content (AvgIpc) is 3.19. The topological polar surface area (TPSA) is 60.1 Å². The Kier molecular flexibility index (Phi) is 6.12. The molecule has 1 aliphatic heterocycles. The molecule has 0 bridgehead atoms. The number of carbonyl (C=O) groups excluding carboxylic acids is 1. The lowest BCUT2D eigenvalue weighted by Gasteiger charge is -2.18. The number of Topliss-reactive ketones (excluding diaryl/α,β-unsaturated/α-hetero) is 1. The SMILES string of the molecule is Cc1sc2c(c1C)C(c1ccc(Cl)cc1)=N[C@@H](CC(=O)CCC(C)(C)C)c1nnc(C)n1-2. The minimum atomic E-state index is -0.381. The molecule has 0 radical (unpaired) electrons. The molecule has 0 unspecified atom stereocenters. The van der Waals surface area contributed by atoms with Crippen molar-refractivity contribution in [3.8, 4) is 5.00 Å². The van der Waals surface area contributed by atoms with Gasteiger partial charge in [-0.2, -0.15) is 0 Å². The molecule has 0 N–H and O–H groups in total. The molecule has 0 fully saturated rings. The molecule has 2 aromatic heterocycles. The Labute approximate surface area is 198 Å². The molecule has 0 saturated carbocycles. The normalized spacial score (nSPS) is 15.7. The molecule has 0 aliphatic carbocycles. The summed E-state index contributed by atoms with van der Waals surface area (Å²) in [5.74, 6) is 1.75. The molecule has 0 amide bonds. The number of aromatic nitrogens is 3. The van der Waals surface area contributed by atoms with E-state index in [1.165, 1.54) is 10.4 Å². The molecule has 32 heavy (non-hydrogen) atoms. The minimum Gasteiger partial charge on any atom is -0.300 e. The Hall–Kier alpha value is -2.31. The number of benzene rings is 1. The lowest BCUT2D eigenvalue weighted by atomic mass is 9.88. The van der Waals surface area contributed by atoms with Crippen LogP contribution in [0.25, 0.3) is 5.00 Å². The smallest absolute Gasteiger partial charge is 0.163 e. The molecule has 1 aliphatic rings. The number of aryl methyl sites for hydroxylation is 2. The standard InChI is InChI=1S/C25H29ClN4OS/c1-14-15(2)32-24-21(14)22(17-7-9-18(26)10-8-17)27-20(23-29-28-16(3)30(23)24)13-19(31)11-12-25(4,5)6/h7-10,20H,11-13H2,1-6H3/t20-/m0/s1. The van der Waals surface area contributed by atoms with Crippen LogP contribution in [0, 0.1) is 26.2 Å². The van der Waals surface area contributed by atoms with Gasteiger partial charge in [0.2, 0.25) is 0 Å². The van der Waals surface area contributed by atoms with Gasteiger partial charge in [0.25, 0.3) is 0 Å². The summed E-state index contributed by atoms with van der Waals surface area (Å²) in [6, 6.07) is 7.37. The first kappa shape index (κ1) is 22.9. The van der Waals surface area contributed by atoms with Crippen LogP contribution in [0.1, 0.15) is 79.3 Å². The van der Waals surface area contributed by atoms with E-state index in [0.717, 1.165) is 39.9 Å². The van der Waals surface area contributed by atoms with Crippen molar-refractivity contribution in [3.63, 3.8) is 0 Å². The van der Waals surface area contributed by atoms with Gasteiger partial charge in [0, 0.05) is 33.9 Å². The van der Waals surface area contributed by atoms with Gasteiger partial charge in [-0.25, -0.2) is 0 Å². The van der Waals surface area contributed by atoms with Crippen LogP contribution in [0.5, 0.6) is 0 Å². The van der Waals surface area contributed by atoms with E-state index in [1.807, 2.05) is 31.2 Å². The highest BCUT2D eigenvalue weighted by atomic mass is 35.5. The zero-order valence-corrected chi connectivity index (χ0v) is 21.1. The van der Waals surface area contributed by atoms with Crippen LogP contribution in [0.2, 0.25) is 5.02 Å². The van der Waals surface area contributed by atoms with Crippen LogP contribution in [-0.2, 0) is 4.79 Å². The summed E-state index contributed by atoms with van der Waals surface area (Å²) in [5, 5.41) is 10.6. The third-order valence-corrected chi connectivity index (χ3v) is 7.38. The molecule has 7 heteroatoms. The van der Waals surface area contributed by atoms with Crippen LogP contribution in [0.3, 0.4) is 0 Å². The van der Waals surface area contributed by atoms with Crippen LogP contribution in [0.4, 0.5) is 0 Å². The molecule has 0 spiro atoms. The predicted octanol–water partition coefficient (Wildman–Crippen LogP) is 6.59. The number of aliphatic imine (C=N–C) groups is 1. The first-order valence-corrected chi connectivity index (χ1v) is 12.1. The maximum absolute atomic E-state index is 13.0. The fourth-order valence-corrected chi connectivity index (χ4v) is 5.30. The van der Waals surface area contributed by atoms with Gasteiger partial charge in [-0.1, -0.05) is 44.5 Å². The van der Waals surface area contributed by atoms with Crippen LogP contribution in [0.15, 0.2) is 29.3 Å². The quantitative estimate of drug-likeness (QED) is 0.424. The van der Waals surface area contributed by atoms with Gasteiger partial charge in [-0.15, -0.1) is 21.5 Å². The van der Waals surface area contributed by atoms with Gasteiger partial charge in [0.15, 0.2) is 5.82 Å². The monoisotopic (exact) mass is 468 g/mol.